The fourth-order valence-electron chi connectivity index (χ4n) is 3.06. The van der Waals surface area contributed by atoms with E-state index in [1.807, 2.05) is 31.4 Å². The Morgan fingerprint density at radius 1 is 1.44 bits per heavy atom. The number of ether oxygens (including phenoxy) is 1. The number of hydrogen-bond acceptors (Lipinski definition) is 4. The van der Waals surface area contributed by atoms with Crippen LogP contribution in [0, 0.1) is 0 Å². The molecule has 0 radical (unpaired) electrons. The first-order chi connectivity index (χ1) is 13.1. The zero-order valence-corrected chi connectivity index (χ0v) is 15.2. The van der Waals surface area contributed by atoms with Gasteiger partial charge in [0.1, 0.15) is 18.6 Å². The summed E-state index contributed by atoms with van der Waals surface area (Å²) in [4.78, 5) is 4.05. The van der Waals surface area contributed by atoms with Crippen molar-refractivity contribution < 1.29 is 13.5 Å². The van der Waals surface area contributed by atoms with Gasteiger partial charge in [-0.05, 0) is 55.0 Å². The summed E-state index contributed by atoms with van der Waals surface area (Å²) in [5, 5.41) is 3.04. The molecule has 2 aliphatic rings. The number of nitrogens with one attached hydrogen (secondary N) is 1. The second kappa shape index (κ2) is 8.66. The van der Waals surface area contributed by atoms with Crippen LogP contribution in [0.4, 0.5) is 14.6 Å². The second-order valence-corrected chi connectivity index (χ2v) is 6.35. The van der Waals surface area contributed by atoms with Crippen LogP contribution in [0.5, 0.6) is 0 Å². The Bertz CT molecular complexity index is 853. The van der Waals surface area contributed by atoms with Crippen LogP contribution in [0.2, 0.25) is 0 Å². The molecule has 1 aliphatic carbocycles. The maximum Gasteiger partial charge on any atom is 0.167 e. The van der Waals surface area contributed by atoms with E-state index in [1.54, 1.807) is 18.3 Å². The number of pyridine rings is 1. The minimum absolute atomic E-state index is 0.0821. The fraction of sp³-hybridized carbons (Fsp3) is 0.286. The van der Waals surface area contributed by atoms with E-state index < -0.39 is 12.0 Å². The lowest BCUT2D eigenvalue weighted by atomic mass is 9.91. The van der Waals surface area contributed by atoms with E-state index >= 15 is 0 Å². The van der Waals surface area contributed by atoms with Crippen molar-refractivity contribution in [3.8, 4) is 0 Å². The highest BCUT2D eigenvalue weighted by Gasteiger charge is 2.27. The predicted octanol–water partition coefficient (Wildman–Crippen LogP) is 4.37. The van der Waals surface area contributed by atoms with Gasteiger partial charge in [0.15, 0.2) is 11.6 Å². The third-order valence-electron chi connectivity index (χ3n) is 4.59. The van der Waals surface area contributed by atoms with Gasteiger partial charge in [0, 0.05) is 30.3 Å². The van der Waals surface area contributed by atoms with Crippen molar-refractivity contribution in [2.75, 3.05) is 18.9 Å². The lowest BCUT2D eigenvalue weighted by molar-refractivity contribution is 0.224. The molecule has 0 fully saturated rings. The van der Waals surface area contributed by atoms with Crippen LogP contribution in [-0.2, 0) is 4.74 Å². The third kappa shape index (κ3) is 4.45. The molecular formula is C21H23F2N3O. The monoisotopic (exact) mass is 371 g/mol. The Labute approximate surface area is 157 Å². The molecule has 0 amide bonds. The first kappa shape index (κ1) is 18.9. The summed E-state index contributed by atoms with van der Waals surface area (Å²) in [5.41, 5.74) is 8.37. The molecule has 6 heteroatoms. The van der Waals surface area contributed by atoms with Gasteiger partial charge in [0.05, 0.1) is 0 Å². The Balaban J connectivity index is 1.78. The van der Waals surface area contributed by atoms with Crippen molar-refractivity contribution in [1.29, 1.82) is 0 Å². The zero-order chi connectivity index (χ0) is 19.2. The summed E-state index contributed by atoms with van der Waals surface area (Å²) >= 11 is 0. The number of allylic oxidation sites excluding steroid dienone is 5. The Hall–Kier alpha value is -2.89. The van der Waals surface area contributed by atoms with E-state index in [1.165, 1.54) is 6.08 Å². The highest BCUT2D eigenvalue weighted by atomic mass is 19.1. The van der Waals surface area contributed by atoms with Crippen LogP contribution >= 0.6 is 0 Å². The van der Waals surface area contributed by atoms with Crippen molar-refractivity contribution in [2.24, 2.45) is 0 Å². The van der Waals surface area contributed by atoms with Crippen LogP contribution < -0.4 is 11.1 Å². The molecule has 0 saturated heterocycles. The smallest absolute Gasteiger partial charge is 0.167 e. The molecule has 142 valence electrons. The molecule has 3 N–H and O–H groups in total. The Morgan fingerprint density at radius 3 is 3.00 bits per heavy atom. The number of anilines is 1. The topological polar surface area (TPSA) is 60.2 Å². The lowest BCUT2D eigenvalue weighted by Gasteiger charge is -2.22. The van der Waals surface area contributed by atoms with E-state index in [4.69, 9.17) is 10.5 Å². The van der Waals surface area contributed by atoms with Crippen LogP contribution in [0.15, 0.2) is 71.6 Å². The number of nitrogens with two attached hydrogens (primary N) is 1. The van der Waals surface area contributed by atoms with E-state index in [2.05, 4.69) is 10.3 Å². The summed E-state index contributed by atoms with van der Waals surface area (Å²) in [6.45, 7) is 2.77. The van der Waals surface area contributed by atoms with Crippen LogP contribution in [0.25, 0.3) is 5.57 Å². The number of dihydropyridines is 1. The number of hydrogen-bond donors (Lipinski definition) is 2. The number of halogens is 2. The molecule has 0 bridgehead atoms. The van der Waals surface area contributed by atoms with E-state index in [0.717, 1.165) is 11.1 Å². The Morgan fingerprint density at radius 2 is 2.30 bits per heavy atom. The van der Waals surface area contributed by atoms with Crippen LogP contribution in [0.3, 0.4) is 0 Å². The van der Waals surface area contributed by atoms with Gasteiger partial charge >= 0.3 is 0 Å². The number of nitrogen functional groups attached to an aromatic ring is 1. The van der Waals surface area contributed by atoms with Gasteiger partial charge in [0.2, 0.25) is 0 Å². The molecule has 1 aromatic rings. The summed E-state index contributed by atoms with van der Waals surface area (Å²) in [7, 11) is 0. The molecule has 2 heterocycles. The molecule has 1 unspecified atom stereocenters. The van der Waals surface area contributed by atoms with Crippen molar-refractivity contribution in [3.63, 3.8) is 0 Å². The molecule has 27 heavy (non-hydrogen) atoms. The lowest BCUT2D eigenvalue weighted by Crippen LogP contribution is -2.15. The van der Waals surface area contributed by atoms with E-state index in [-0.39, 0.29) is 30.8 Å². The highest BCUT2D eigenvalue weighted by Crippen LogP contribution is 2.36. The molecule has 4 nitrogen and oxygen atoms in total. The summed E-state index contributed by atoms with van der Waals surface area (Å²) in [5.74, 6) is -0.190. The summed E-state index contributed by atoms with van der Waals surface area (Å²) in [6, 6.07) is 3.55. The molecule has 0 spiro atoms. The van der Waals surface area contributed by atoms with E-state index in [0.29, 0.717) is 17.9 Å². The van der Waals surface area contributed by atoms with Crippen molar-refractivity contribution in [1.82, 2.24) is 10.3 Å². The quantitative estimate of drug-likeness (QED) is 0.780. The maximum absolute atomic E-state index is 15.0. The number of rotatable bonds is 6. The van der Waals surface area contributed by atoms with Gasteiger partial charge in [-0.15, -0.1) is 0 Å². The van der Waals surface area contributed by atoms with Crippen LogP contribution in [-0.4, -0.2) is 24.3 Å². The summed E-state index contributed by atoms with van der Waals surface area (Å²) in [6.07, 6.45) is 9.35. The SMILES string of the molecule is C/C=C(/CC1=C(F)C(OCC2=CCNC=C2)=CCC1F)c1cccnc1N. The van der Waals surface area contributed by atoms with E-state index in [9.17, 15) is 8.78 Å². The number of alkyl halides is 1. The summed E-state index contributed by atoms with van der Waals surface area (Å²) < 4.78 is 35.0. The van der Waals surface area contributed by atoms with Gasteiger partial charge in [-0.1, -0.05) is 12.2 Å². The molecule has 0 saturated carbocycles. The molecule has 1 atom stereocenters. The number of aromatic nitrogens is 1. The van der Waals surface area contributed by atoms with Gasteiger partial charge < -0.3 is 15.8 Å². The maximum atomic E-state index is 15.0. The predicted molar refractivity (Wildman–Crippen MR) is 104 cm³/mol. The fourth-order valence-corrected chi connectivity index (χ4v) is 3.06. The zero-order valence-electron chi connectivity index (χ0n) is 15.2. The normalized spacial score (nSPS) is 20.1. The average Bonchev–Trinajstić information content (AvgIpc) is 2.69. The highest BCUT2D eigenvalue weighted by molar-refractivity contribution is 5.74. The minimum atomic E-state index is -1.39. The largest absolute Gasteiger partial charge is 0.486 e. The molecule has 0 aromatic carbocycles. The van der Waals surface area contributed by atoms with Gasteiger partial charge in [-0.2, -0.15) is 0 Å². The molecular weight excluding hydrogens is 348 g/mol. The minimum Gasteiger partial charge on any atom is -0.486 e. The molecule has 3 rings (SSSR count). The number of nitrogens with zero attached hydrogens (tertiary/aromatic N) is 1. The van der Waals surface area contributed by atoms with Crippen molar-refractivity contribution in [3.05, 3.63) is 77.1 Å². The Kier molecular flexibility index (Phi) is 6.06. The average molecular weight is 371 g/mol. The second-order valence-electron chi connectivity index (χ2n) is 6.35. The first-order valence-electron chi connectivity index (χ1n) is 8.91. The van der Waals surface area contributed by atoms with Crippen molar-refractivity contribution in [2.45, 2.75) is 25.9 Å². The van der Waals surface area contributed by atoms with Crippen LogP contribution in [0.1, 0.15) is 25.3 Å². The first-order valence-corrected chi connectivity index (χ1v) is 8.91. The standard InChI is InChI=1S/C21H23F2N3O/c1-2-15(16-4-3-9-26-21(16)24)12-17-18(22)5-6-19(20(17)23)27-13-14-7-10-25-11-8-14/h2-4,6-10,18,25H,5,11-13H2,1H3,(H2,24,26)/b15-2-. The molecule has 1 aromatic heterocycles. The van der Waals surface area contributed by atoms with Gasteiger partial charge in [-0.25, -0.2) is 13.8 Å². The third-order valence-corrected chi connectivity index (χ3v) is 4.59. The van der Waals surface area contributed by atoms with Crippen molar-refractivity contribution >= 4 is 11.4 Å². The molecule has 1 aliphatic heterocycles. The van der Waals surface area contributed by atoms with Gasteiger partial charge in [-0.3, -0.25) is 0 Å². The van der Waals surface area contributed by atoms with Gasteiger partial charge in [0.25, 0.3) is 0 Å².